The van der Waals surface area contributed by atoms with E-state index in [0.717, 1.165) is 26.2 Å². The highest BCUT2D eigenvalue weighted by atomic mass is 35.5. The molecular formula is C13H30ClNO. The Morgan fingerprint density at radius 1 is 0.812 bits per heavy atom. The minimum Gasteiger partial charge on any atom is -0.381 e. The quantitative estimate of drug-likeness (QED) is 0.519. The summed E-state index contributed by atoms with van der Waals surface area (Å²) in [6.45, 7) is 5.27. The van der Waals surface area contributed by atoms with Crippen LogP contribution in [0.25, 0.3) is 0 Å². The smallest absolute Gasteiger partial charge is 0.0478 e. The Kier molecular flexibility index (Phi) is 17.7. The standard InChI is InChI=1S/C13H29NO.ClH/c1-4-5-6-7-8-9-12-15-13-10-11-14(2)3;/h4-13H2,1-3H3;1H. The average Bonchev–Trinajstić information content (AvgIpc) is 2.20. The molecule has 0 aromatic rings. The number of halogens is 1. The molecule has 0 radical (unpaired) electrons. The zero-order valence-corrected chi connectivity index (χ0v) is 12.2. The molecule has 0 saturated carbocycles. The molecular weight excluding hydrogens is 222 g/mol. The van der Waals surface area contributed by atoms with Crippen molar-refractivity contribution in [3.63, 3.8) is 0 Å². The predicted octanol–water partition coefficient (Wildman–Crippen LogP) is 3.74. The first-order chi connectivity index (χ1) is 7.27. The van der Waals surface area contributed by atoms with Crippen molar-refractivity contribution < 1.29 is 4.74 Å². The van der Waals surface area contributed by atoms with E-state index in [9.17, 15) is 0 Å². The highest BCUT2D eigenvalue weighted by molar-refractivity contribution is 5.85. The highest BCUT2D eigenvalue weighted by Crippen LogP contribution is 2.04. The summed E-state index contributed by atoms with van der Waals surface area (Å²) < 4.78 is 5.56. The van der Waals surface area contributed by atoms with Crippen LogP contribution < -0.4 is 0 Å². The molecule has 0 spiro atoms. The molecule has 0 fully saturated rings. The largest absolute Gasteiger partial charge is 0.381 e. The van der Waals surface area contributed by atoms with Crippen LogP contribution in [-0.4, -0.2) is 38.8 Å². The van der Waals surface area contributed by atoms with Crippen molar-refractivity contribution in [2.24, 2.45) is 0 Å². The predicted molar refractivity (Wildman–Crippen MR) is 74.6 cm³/mol. The average molecular weight is 252 g/mol. The molecule has 0 unspecified atom stereocenters. The topological polar surface area (TPSA) is 12.5 Å². The van der Waals surface area contributed by atoms with Gasteiger partial charge in [-0.3, -0.25) is 0 Å². The zero-order chi connectivity index (χ0) is 11.4. The first-order valence-electron chi connectivity index (χ1n) is 6.50. The van der Waals surface area contributed by atoms with Gasteiger partial charge in [0.05, 0.1) is 0 Å². The van der Waals surface area contributed by atoms with E-state index in [1.807, 2.05) is 0 Å². The van der Waals surface area contributed by atoms with Crippen LogP contribution in [0.3, 0.4) is 0 Å². The number of rotatable bonds is 11. The molecule has 16 heavy (non-hydrogen) atoms. The van der Waals surface area contributed by atoms with Crippen LogP contribution in [-0.2, 0) is 4.74 Å². The molecule has 0 aliphatic heterocycles. The second-order valence-corrected chi connectivity index (χ2v) is 4.54. The van der Waals surface area contributed by atoms with Crippen molar-refractivity contribution in [1.29, 1.82) is 0 Å². The van der Waals surface area contributed by atoms with Gasteiger partial charge >= 0.3 is 0 Å². The summed E-state index contributed by atoms with van der Waals surface area (Å²) in [6, 6.07) is 0. The maximum absolute atomic E-state index is 5.56. The van der Waals surface area contributed by atoms with Gasteiger partial charge < -0.3 is 9.64 Å². The molecule has 0 aliphatic rings. The van der Waals surface area contributed by atoms with Crippen molar-refractivity contribution in [2.75, 3.05) is 33.9 Å². The summed E-state index contributed by atoms with van der Waals surface area (Å²) in [7, 11) is 4.21. The maximum atomic E-state index is 5.56. The van der Waals surface area contributed by atoms with Gasteiger partial charge in [-0.25, -0.2) is 0 Å². The third-order valence-electron chi connectivity index (χ3n) is 2.54. The van der Waals surface area contributed by atoms with Gasteiger partial charge in [0.1, 0.15) is 0 Å². The van der Waals surface area contributed by atoms with Crippen LogP contribution in [0.15, 0.2) is 0 Å². The molecule has 100 valence electrons. The van der Waals surface area contributed by atoms with Crippen LogP contribution >= 0.6 is 12.4 Å². The fourth-order valence-corrected chi connectivity index (χ4v) is 1.57. The van der Waals surface area contributed by atoms with E-state index >= 15 is 0 Å². The molecule has 0 amide bonds. The van der Waals surface area contributed by atoms with Gasteiger partial charge in [0.15, 0.2) is 0 Å². The molecule has 0 aromatic carbocycles. The minimum atomic E-state index is 0. The van der Waals surface area contributed by atoms with Gasteiger partial charge in [0.25, 0.3) is 0 Å². The van der Waals surface area contributed by atoms with Crippen molar-refractivity contribution in [3.8, 4) is 0 Å². The highest BCUT2D eigenvalue weighted by Gasteiger charge is 1.92. The first kappa shape index (κ1) is 18.6. The van der Waals surface area contributed by atoms with Crippen LogP contribution in [0.1, 0.15) is 51.9 Å². The number of ether oxygens (including phenoxy) is 1. The molecule has 0 rings (SSSR count). The summed E-state index contributed by atoms with van der Waals surface area (Å²) >= 11 is 0. The fourth-order valence-electron chi connectivity index (χ4n) is 1.57. The Hall–Kier alpha value is 0.210. The monoisotopic (exact) mass is 251 g/mol. The van der Waals surface area contributed by atoms with Crippen molar-refractivity contribution in [2.45, 2.75) is 51.9 Å². The lowest BCUT2D eigenvalue weighted by Gasteiger charge is -2.09. The van der Waals surface area contributed by atoms with Crippen molar-refractivity contribution in [3.05, 3.63) is 0 Å². The molecule has 0 heterocycles. The lowest BCUT2D eigenvalue weighted by Crippen LogP contribution is -2.14. The number of hydrogen-bond acceptors (Lipinski definition) is 2. The first-order valence-corrected chi connectivity index (χ1v) is 6.50. The minimum absolute atomic E-state index is 0. The van der Waals surface area contributed by atoms with E-state index in [1.165, 1.54) is 38.5 Å². The Morgan fingerprint density at radius 3 is 2.00 bits per heavy atom. The molecule has 0 aromatic heterocycles. The summed E-state index contributed by atoms with van der Waals surface area (Å²) in [5.41, 5.74) is 0. The molecule has 0 N–H and O–H groups in total. The van der Waals surface area contributed by atoms with E-state index in [-0.39, 0.29) is 12.4 Å². The van der Waals surface area contributed by atoms with Crippen LogP contribution in [0.2, 0.25) is 0 Å². The Labute approximate surface area is 108 Å². The van der Waals surface area contributed by atoms with Crippen molar-refractivity contribution >= 4 is 12.4 Å². The Bertz CT molecular complexity index is 121. The van der Waals surface area contributed by atoms with Crippen molar-refractivity contribution in [1.82, 2.24) is 4.90 Å². The van der Waals surface area contributed by atoms with Crippen LogP contribution in [0.4, 0.5) is 0 Å². The van der Waals surface area contributed by atoms with Gasteiger partial charge in [0.2, 0.25) is 0 Å². The zero-order valence-electron chi connectivity index (χ0n) is 11.3. The number of nitrogens with zero attached hydrogens (tertiary/aromatic N) is 1. The maximum Gasteiger partial charge on any atom is 0.0478 e. The Balaban J connectivity index is 0. The van der Waals surface area contributed by atoms with Gasteiger partial charge in [0, 0.05) is 13.2 Å². The van der Waals surface area contributed by atoms with Gasteiger partial charge in [-0.15, -0.1) is 12.4 Å². The van der Waals surface area contributed by atoms with E-state index < -0.39 is 0 Å². The molecule has 3 heteroatoms. The van der Waals surface area contributed by atoms with Gasteiger partial charge in [-0.1, -0.05) is 39.0 Å². The van der Waals surface area contributed by atoms with E-state index in [1.54, 1.807) is 0 Å². The van der Waals surface area contributed by atoms with Crippen LogP contribution in [0.5, 0.6) is 0 Å². The molecule has 0 saturated heterocycles. The summed E-state index contributed by atoms with van der Waals surface area (Å²) in [4.78, 5) is 2.20. The summed E-state index contributed by atoms with van der Waals surface area (Å²) in [5, 5.41) is 0. The molecule has 0 bridgehead atoms. The van der Waals surface area contributed by atoms with Crippen LogP contribution in [0, 0.1) is 0 Å². The molecule has 0 aliphatic carbocycles. The SMILES string of the molecule is CCCCCCCCOCCCN(C)C.Cl. The van der Waals surface area contributed by atoms with E-state index in [4.69, 9.17) is 4.74 Å². The number of unbranched alkanes of at least 4 members (excludes halogenated alkanes) is 5. The second-order valence-electron chi connectivity index (χ2n) is 4.54. The lowest BCUT2D eigenvalue weighted by molar-refractivity contribution is 0.122. The summed E-state index contributed by atoms with van der Waals surface area (Å²) in [6.07, 6.45) is 9.25. The third-order valence-corrected chi connectivity index (χ3v) is 2.54. The summed E-state index contributed by atoms with van der Waals surface area (Å²) in [5.74, 6) is 0. The third kappa shape index (κ3) is 16.6. The van der Waals surface area contributed by atoms with Gasteiger partial charge in [-0.05, 0) is 33.5 Å². The molecule has 2 nitrogen and oxygen atoms in total. The second kappa shape index (κ2) is 15.2. The normalized spacial score (nSPS) is 10.5. The van der Waals surface area contributed by atoms with Gasteiger partial charge in [-0.2, -0.15) is 0 Å². The lowest BCUT2D eigenvalue weighted by atomic mass is 10.1. The molecule has 0 atom stereocenters. The van der Waals surface area contributed by atoms with E-state index in [2.05, 4.69) is 25.9 Å². The Morgan fingerprint density at radius 2 is 1.38 bits per heavy atom. The fraction of sp³-hybridized carbons (Fsp3) is 1.00. The number of hydrogen-bond donors (Lipinski definition) is 0. The van der Waals surface area contributed by atoms with E-state index in [0.29, 0.717) is 0 Å².